The average Bonchev–Trinajstić information content (AvgIpc) is 2.43. The van der Waals surface area contributed by atoms with Crippen LogP contribution in [0.3, 0.4) is 0 Å². The number of rotatable bonds is 1. The van der Waals surface area contributed by atoms with E-state index in [2.05, 4.69) is 41.5 Å². The molecule has 1 aliphatic heterocycles. The molecule has 0 spiro atoms. The van der Waals surface area contributed by atoms with Gasteiger partial charge in [-0.2, -0.15) is 0 Å². The van der Waals surface area contributed by atoms with Gasteiger partial charge < -0.3 is 20.0 Å². The molecular weight excluding hydrogens is 204 g/mol. The van der Waals surface area contributed by atoms with Gasteiger partial charge in [0.1, 0.15) is 6.20 Å². The summed E-state index contributed by atoms with van der Waals surface area (Å²) in [5.74, 6) is 0. The largest absolute Gasteiger partial charge is 0.528 e. The Balaban J connectivity index is 2.99. The van der Waals surface area contributed by atoms with Gasteiger partial charge in [0.15, 0.2) is 0 Å². The molecule has 0 aliphatic carbocycles. The van der Waals surface area contributed by atoms with Crippen molar-refractivity contribution in [2.24, 2.45) is 0 Å². The van der Waals surface area contributed by atoms with E-state index in [0.29, 0.717) is 0 Å². The van der Waals surface area contributed by atoms with E-state index in [1.54, 1.807) is 0 Å². The average molecular weight is 228 g/mol. The highest BCUT2D eigenvalue weighted by Crippen LogP contribution is 2.22. The second-order valence-corrected chi connectivity index (χ2v) is 6.36. The molecule has 0 aromatic carbocycles. The molecule has 3 N–H and O–H groups in total. The van der Waals surface area contributed by atoms with Crippen LogP contribution >= 0.6 is 0 Å². The van der Waals surface area contributed by atoms with Crippen molar-refractivity contribution >= 4 is 0 Å². The van der Waals surface area contributed by atoms with E-state index >= 15 is 0 Å². The Bertz CT molecular complexity index is 250. The highest BCUT2D eigenvalue weighted by Gasteiger charge is 2.40. The monoisotopic (exact) mass is 228 g/mol. The normalized spacial score (nSPS) is 26.9. The summed E-state index contributed by atoms with van der Waals surface area (Å²) >= 11 is 0. The lowest BCUT2D eigenvalue weighted by molar-refractivity contribution is -0.927. The van der Waals surface area contributed by atoms with Gasteiger partial charge in [0.05, 0.1) is 17.9 Å². The number of hydrogen-bond donors (Lipinski definition) is 3. The predicted octanol–water partition coefficient (Wildman–Crippen LogP) is 0.816. The fourth-order valence-corrected chi connectivity index (χ4v) is 2.02. The molecule has 0 aromatic heterocycles. The Hall–Kier alpha value is -0.580. The quantitative estimate of drug-likeness (QED) is 0.582. The van der Waals surface area contributed by atoms with Crippen molar-refractivity contribution in [3.05, 3.63) is 18.7 Å². The van der Waals surface area contributed by atoms with Crippen LogP contribution in [-0.2, 0) is 0 Å². The van der Waals surface area contributed by atoms with Gasteiger partial charge in [-0.3, -0.25) is 0 Å². The Morgan fingerprint density at radius 3 is 1.94 bits per heavy atom. The number of aliphatic hydroxyl groups is 2. The second-order valence-electron chi connectivity index (χ2n) is 6.36. The molecule has 0 aromatic rings. The van der Waals surface area contributed by atoms with Crippen LogP contribution < -0.4 is 4.90 Å². The summed E-state index contributed by atoms with van der Waals surface area (Å²) in [5.41, 5.74) is -0.206. The molecule has 0 bridgehead atoms. The van der Waals surface area contributed by atoms with Gasteiger partial charge in [-0.05, 0) is 47.8 Å². The van der Waals surface area contributed by atoms with Gasteiger partial charge >= 0.3 is 0 Å². The minimum Gasteiger partial charge on any atom is -0.528 e. The number of quaternary nitrogens is 1. The SMILES string of the molecule is CC(C)(C)N1C=C[NH+](C(C)(C)C)C1[C-](O)O. The standard InChI is InChI=1S/C12H23N2O2/c1-11(2,3)13-7-8-14(12(4,5)6)9(13)10(15)16/h7-9,15-16H,1-6H3/q-1/p+1. The van der Waals surface area contributed by atoms with Crippen molar-refractivity contribution < 1.29 is 15.1 Å². The van der Waals surface area contributed by atoms with Gasteiger partial charge in [0.2, 0.25) is 0 Å². The summed E-state index contributed by atoms with van der Waals surface area (Å²) in [4.78, 5) is 3.01. The predicted molar refractivity (Wildman–Crippen MR) is 62.4 cm³/mol. The first-order chi connectivity index (χ1) is 7.05. The van der Waals surface area contributed by atoms with E-state index in [4.69, 9.17) is 0 Å². The van der Waals surface area contributed by atoms with E-state index in [-0.39, 0.29) is 11.1 Å². The topological polar surface area (TPSA) is 48.1 Å². The van der Waals surface area contributed by atoms with Crippen LogP contribution in [0.15, 0.2) is 12.4 Å². The van der Waals surface area contributed by atoms with E-state index in [0.717, 1.165) is 4.90 Å². The fraction of sp³-hybridized carbons (Fsp3) is 0.750. The Morgan fingerprint density at radius 2 is 1.62 bits per heavy atom. The molecule has 94 valence electrons. The molecule has 0 saturated heterocycles. The molecule has 0 amide bonds. The van der Waals surface area contributed by atoms with Crippen LogP contribution in [-0.4, -0.2) is 32.4 Å². The first-order valence-corrected chi connectivity index (χ1v) is 5.64. The van der Waals surface area contributed by atoms with E-state index in [1.807, 2.05) is 17.3 Å². The first kappa shape index (κ1) is 13.5. The lowest BCUT2D eigenvalue weighted by atomic mass is 10.0. The van der Waals surface area contributed by atoms with Crippen molar-refractivity contribution in [2.45, 2.75) is 58.8 Å². The minimum atomic E-state index is -0.523. The smallest absolute Gasteiger partial charge is 0.110 e. The molecule has 4 heteroatoms. The molecule has 1 heterocycles. The third kappa shape index (κ3) is 2.56. The van der Waals surface area contributed by atoms with Gasteiger partial charge in [0, 0.05) is 5.54 Å². The number of nitrogens with one attached hydrogen (secondary N) is 1. The van der Waals surface area contributed by atoms with Crippen molar-refractivity contribution in [1.82, 2.24) is 4.90 Å². The Kier molecular flexibility index (Phi) is 3.39. The zero-order chi connectivity index (χ0) is 12.7. The second kappa shape index (κ2) is 4.02. The zero-order valence-electron chi connectivity index (χ0n) is 11.1. The number of aliphatic hydroxyl groups excluding tert-OH is 1. The summed E-state index contributed by atoms with van der Waals surface area (Å²) < 4.78 is 0. The highest BCUT2D eigenvalue weighted by atomic mass is 16.5. The summed E-state index contributed by atoms with van der Waals surface area (Å²) in [7, 11) is 0. The molecule has 2 atom stereocenters. The number of nitrogens with zero attached hydrogens (tertiary/aromatic N) is 1. The molecule has 0 saturated carbocycles. The van der Waals surface area contributed by atoms with Crippen molar-refractivity contribution in [3.8, 4) is 0 Å². The van der Waals surface area contributed by atoms with Crippen molar-refractivity contribution in [1.29, 1.82) is 0 Å². The van der Waals surface area contributed by atoms with Gasteiger partial charge in [-0.1, -0.05) is 0 Å². The van der Waals surface area contributed by atoms with E-state index in [9.17, 15) is 10.2 Å². The zero-order valence-corrected chi connectivity index (χ0v) is 11.1. The molecular formula is C12H24N2O2. The lowest BCUT2D eigenvalue weighted by Gasteiger charge is -2.47. The first-order valence-electron chi connectivity index (χ1n) is 5.64. The molecule has 0 fully saturated rings. The van der Waals surface area contributed by atoms with Gasteiger partial charge in [-0.25, -0.2) is 0 Å². The number of hydrogen-bond acceptors (Lipinski definition) is 3. The summed E-state index contributed by atoms with van der Waals surface area (Å²) in [6, 6.07) is 0. The van der Waals surface area contributed by atoms with Crippen LogP contribution in [0.1, 0.15) is 41.5 Å². The maximum absolute atomic E-state index is 9.49. The van der Waals surface area contributed by atoms with Gasteiger partial charge in [0.25, 0.3) is 0 Å². The Labute approximate surface area is 98.2 Å². The van der Waals surface area contributed by atoms with E-state index in [1.165, 1.54) is 0 Å². The highest BCUT2D eigenvalue weighted by molar-refractivity contribution is 4.97. The molecule has 1 rings (SSSR count). The lowest BCUT2D eigenvalue weighted by Crippen LogP contribution is -3.19. The van der Waals surface area contributed by atoms with Crippen LogP contribution in [0, 0.1) is 6.29 Å². The molecule has 16 heavy (non-hydrogen) atoms. The van der Waals surface area contributed by atoms with Crippen LogP contribution in [0.5, 0.6) is 0 Å². The van der Waals surface area contributed by atoms with Crippen LogP contribution in [0.25, 0.3) is 0 Å². The summed E-state index contributed by atoms with van der Waals surface area (Å²) in [5, 5.41) is 19.0. The Morgan fingerprint density at radius 1 is 1.12 bits per heavy atom. The fourth-order valence-electron chi connectivity index (χ4n) is 2.02. The van der Waals surface area contributed by atoms with Crippen LogP contribution in [0.2, 0.25) is 0 Å². The molecule has 4 nitrogen and oxygen atoms in total. The molecule has 2 unspecified atom stereocenters. The summed E-state index contributed by atoms with van der Waals surface area (Å²) in [6.07, 6.45) is 2.99. The van der Waals surface area contributed by atoms with E-state index < -0.39 is 12.5 Å². The molecule has 0 radical (unpaired) electrons. The minimum absolute atomic E-state index is 0.0716. The third-order valence-electron chi connectivity index (χ3n) is 2.87. The summed E-state index contributed by atoms with van der Waals surface area (Å²) in [6.45, 7) is 12.4. The van der Waals surface area contributed by atoms with Crippen LogP contribution in [0.4, 0.5) is 0 Å². The third-order valence-corrected chi connectivity index (χ3v) is 2.87. The maximum atomic E-state index is 9.49. The van der Waals surface area contributed by atoms with Gasteiger partial charge in [-0.15, -0.1) is 0 Å². The molecule has 1 aliphatic rings. The van der Waals surface area contributed by atoms with Crippen molar-refractivity contribution in [3.63, 3.8) is 0 Å². The maximum Gasteiger partial charge on any atom is 0.110 e. The van der Waals surface area contributed by atoms with Crippen molar-refractivity contribution in [2.75, 3.05) is 0 Å².